The maximum atomic E-state index is 13.2. The van der Waals surface area contributed by atoms with Gasteiger partial charge in [-0.05, 0) is 25.6 Å². The molecule has 0 aromatic heterocycles. The molecule has 1 unspecified atom stereocenters. The summed E-state index contributed by atoms with van der Waals surface area (Å²) < 4.78 is 26.4. The fraction of sp³-hybridized carbons (Fsp3) is 0.273. The fourth-order valence-corrected chi connectivity index (χ4v) is 1.25. The Morgan fingerprint density at radius 1 is 1.43 bits per heavy atom. The van der Waals surface area contributed by atoms with E-state index in [0.717, 1.165) is 0 Å². The van der Waals surface area contributed by atoms with Gasteiger partial charge in [0.2, 0.25) is 0 Å². The molecule has 0 radical (unpaired) electrons. The average molecular weight is 197 g/mol. The highest BCUT2D eigenvalue weighted by Gasteiger charge is 2.11. The minimum atomic E-state index is -0.507. The molecule has 1 aromatic rings. The molecule has 3 heteroatoms. The molecule has 1 aromatic carbocycles. The van der Waals surface area contributed by atoms with Gasteiger partial charge in [-0.25, -0.2) is 8.78 Å². The number of nitrogens with one attached hydrogen (secondary N) is 1. The van der Waals surface area contributed by atoms with Crippen molar-refractivity contribution in [1.29, 1.82) is 0 Å². The summed E-state index contributed by atoms with van der Waals surface area (Å²) >= 11 is 0. The van der Waals surface area contributed by atoms with E-state index in [9.17, 15) is 8.78 Å². The van der Waals surface area contributed by atoms with Gasteiger partial charge in [-0.15, -0.1) is 6.58 Å². The largest absolute Gasteiger partial charge is 0.313 e. The van der Waals surface area contributed by atoms with Crippen molar-refractivity contribution in [2.24, 2.45) is 0 Å². The summed E-state index contributed by atoms with van der Waals surface area (Å²) in [7, 11) is 1.73. The molecule has 0 amide bonds. The van der Waals surface area contributed by atoms with Gasteiger partial charge in [0.25, 0.3) is 0 Å². The van der Waals surface area contributed by atoms with Gasteiger partial charge in [-0.3, -0.25) is 0 Å². The topological polar surface area (TPSA) is 12.0 Å². The molecule has 76 valence electrons. The Bertz CT molecular complexity index is 303. The van der Waals surface area contributed by atoms with Crippen molar-refractivity contribution in [2.75, 3.05) is 7.05 Å². The molecule has 0 heterocycles. The first-order valence-corrected chi connectivity index (χ1v) is 4.41. The lowest BCUT2D eigenvalue weighted by atomic mass is 10.1. The Balaban J connectivity index is 2.89. The normalized spacial score (nSPS) is 12.5. The van der Waals surface area contributed by atoms with Gasteiger partial charge < -0.3 is 5.32 Å². The second kappa shape index (κ2) is 4.86. The average Bonchev–Trinajstić information content (AvgIpc) is 2.18. The number of hydrogen-bond acceptors (Lipinski definition) is 1. The molecule has 0 saturated carbocycles. The zero-order chi connectivity index (χ0) is 10.6. The molecule has 14 heavy (non-hydrogen) atoms. The molecule has 0 fully saturated rings. The van der Waals surface area contributed by atoms with Crippen LogP contribution in [0.5, 0.6) is 0 Å². The van der Waals surface area contributed by atoms with Crippen molar-refractivity contribution in [1.82, 2.24) is 5.32 Å². The fourth-order valence-electron chi connectivity index (χ4n) is 1.25. The van der Waals surface area contributed by atoms with Crippen LogP contribution in [0.25, 0.3) is 0 Å². The van der Waals surface area contributed by atoms with Crippen molar-refractivity contribution < 1.29 is 8.78 Å². The maximum absolute atomic E-state index is 13.2. The second-order valence-corrected chi connectivity index (χ2v) is 3.04. The molecule has 0 spiro atoms. The molecular formula is C11H13F2N. The Hall–Kier alpha value is -1.22. The summed E-state index contributed by atoms with van der Waals surface area (Å²) in [6.07, 6.45) is 1.91. The van der Waals surface area contributed by atoms with Crippen LogP contribution in [-0.2, 0) is 6.42 Å². The lowest BCUT2D eigenvalue weighted by Gasteiger charge is -2.12. The van der Waals surface area contributed by atoms with Crippen LogP contribution in [0.4, 0.5) is 8.78 Å². The van der Waals surface area contributed by atoms with Crippen LogP contribution in [0, 0.1) is 11.6 Å². The number of halogens is 2. The van der Waals surface area contributed by atoms with Crippen molar-refractivity contribution >= 4 is 0 Å². The smallest absolute Gasteiger partial charge is 0.129 e. The van der Waals surface area contributed by atoms with E-state index in [4.69, 9.17) is 0 Å². The van der Waals surface area contributed by atoms with Crippen molar-refractivity contribution in [3.63, 3.8) is 0 Å². The number of likely N-dealkylation sites (N-methyl/N-ethyl adjacent to an activating group) is 1. The standard InChI is InChI=1S/C11H13F2N/c1-3-8(14-2)7-9-10(12)5-4-6-11(9)13/h3-6,8,14H,1,7H2,2H3. The zero-order valence-corrected chi connectivity index (χ0v) is 8.06. The molecule has 0 aliphatic carbocycles. The van der Waals surface area contributed by atoms with Crippen LogP contribution < -0.4 is 5.32 Å². The Labute approximate surface area is 82.4 Å². The van der Waals surface area contributed by atoms with Gasteiger partial charge in [0, 0.05) is 11.6 Å². The first kappa shape index (κ1) is 10.9. The van der Waals surface area contributed by atoms with Gasteiger partial charge in [0.05, 0.1) is 0 Å². The highest BCUT2D eigenvalue weighted by atomic mass is 19.1. The zero-order valence-electron chi connectivity index (χ0n) is 8.06. The molecule has 1 atom stereocenters. The van der Waals surface area contributed by atoms with Crippen molar-refractivity contribution in [3.8, 4) is 0 Å². The van der Waals surface area contributed by atoms with E-state index in [1.54, 1.807) is 13.1 Å². The number of benzene rings is 1. The summed E-state index contributed by atoms with van der Waals surface area (Å²) in [5.41, 5.74) is 0.103. The molecule has 1 rings (SSSR count). The van der Waals surface area contributed by atoms with Gasteiger partial charge in [-0.2, -0.15) is 0 Å². The lowest BCUT2D eigenvalue weighted by Crippen LogP contribution is -2.25. The van der Waals surface area contributed by atoms with Crippen molar-refractivity contribution in [2.45, 2.75) is 12.5 Å². The maximum Gasteiger partial charge on any atom is 0.129 e. The van der Waals surface area contributed by atoms with Gasteiger partial charge >= 0.3 is 0 Å². The highest BCUT2D eigenvalue weighted by molar-refractivity contribution is 5.21. The van der Waals surface area contributed by atoms with Crippen LogP contribution in [0.2, 0.25) is 0 Å². The minimum Gasteiger partial charge on any atom is -0.313 e. The van der Waals surface area contributed by atoms with Crippen LogP contribution in [0.15, 0.2) is 30.9 Å². The van der Waals surface area contributed by atoms with Crippen LogP contribution in [-0.4, -0.2) is 13.1 Å². The SMILES string of the molecule is C=CC(Cc1c(F)cccc1F)NC. The quantitative estimate of drug-likeness (QED) is 0.730. The predicted octanol–water partition coefficient (Wildman–Crippen LogP) is 2.28. The minimum absolute atomic E-state index is 0.103. The second-order valence-electron chi connectivity index (χ2n) is 3.04. The van der Waals surface area contributed by atoms with Gasteiger partial charge in [-0.1, -0.05) is 12.1 Å². The first-order valence-electron chi connectivity index (χ1n) is 4.41. The first-order chi connectivity index (χ1) is 6.69. The van der Waals surface area contributed by atoms with E-state index in [1.807, 2.05) is 0 Å². The van der Waals surface area contributed by atoms with E-state index in [0.29, 0.717) is 0 Å². The molecule has 1 N–H and O–H groups in total. The summed E-state index contributed by atoms with van der Waals surface area (Å²) in [5.74, 6) is -1.01. The van der Waals surface area contributed by atoms with Crippen LogP contribution >= 0.6 is 0 Å². The van der Waals surface area contributed by atoms with Gasteiger partial charge in [0.1, 0.15) is 11.6 Å². The van der Waals surface area contributed by atoms with E-state index in [-0.39, 0.29) is 18.0 Å². The lowest BCUT2D eigenvalue weighted by molar-refractivity contribution is 0.536. The summed E-state index contributed by atoms with van der Waals surface area (Å²) in [4.78, 5) is 0. The van der Waals surface area contributed by atoms with Crippen molar-refractivity contribution in [3.05, 3.63) is 48.1 Å². The molecule has 0 aliphatic heterocycles. The van der Waals surface area contributed by atoms with Crippen LogP contribution in [0.1, 0.15) is 5.56 Å². The monoisotopic (exact) mass is 197 g/mol. The molecular weight excluding hydrogens is 184 g/mol. The van der Waals surface area contributed by atoms with E-state index < -0.39 is 11.6 Å². The van der Waals surface area contributed by atoms with E-state index >= 15 is 0 Å². The predicted molar refractivity (Wildman–Crippen MR) is 53.1 cm³/mol. The summed E-state index contributed by atoms with van der Waals surface area (Å²) in [6, 6.07) is 3.76. The van der Waals surface area contributed by atoms with Crippen LogP contribution in [0.3, 0.4) is 0 Å². The highest BCUT2D eigenvalue weighted by Crippen LogP contribution is 2.14. The molecule has 0 saturated heterocycles. The molecule has 1 nitrogen and oxygen atoms in total. The molecule has 0 bridgehead atoms. The molecule has 0 aliphatic rings. The third kappa shape index (κ3) is 2.39. The number of rotatable bonds is 4. The summed E-state index contributed by atoms with van der Waals surface area (Å²) in [5, 5.41) is 2.90. The Kier molecular flexibility index (Phi) is 3.77. The Morgan fingerprint density at radius 3 is 2.43 bits per heavy atom. The summed E-state index contributed by atoms with van der Waals surface area (Å²) in [6.45, 7) is 3.58. The number of hydrogen-bond donors (Lipinski definition) is 1. The van der Waals surface area contributed by atoms with Gasteiger partial charge in [0.15, 0.2) is 0 Å². The van der Waals surface area contributed by atoms with E-state index in [1.165, 1.54) is 18.2 Å². The third-order valence-corrected chi connectivity index (χ3v) is 2.14. The van der Waals surface area contributed by atoms with E-state index in [2.05, 4.69) is 11.9 Å². The third-order valence-electron chi connectivity index (χ3n) is 2.14. The Morgan fingerprint density at radius 2 is 2.00 bits per heavy atom.